The maximum absolute atomic E-state index is 12.1. The van der Waals surface area contributed by atoms with E-state index in [0.29, 0.717) is 0 Å². The third kappa shape index (κ3) is 2.46. The topological polar surface area (TPSA) is 73.1 Å². The number of rotatable bonds is 2. The van der Waals surface area contributed by atoms with Crippen molar-refractivity contribution in [3.63, 3.8) is 0 Å². The molecule has 0 amide bonds. The van der Waals surface area contributed by atoms with E-state index < -0.39 is 22.1 Å². The van der Waals surface area contributed by atoms with Crippen molar-refractivity contribution in [3.8, 4) is 0 Å². The van der Waals surface area contributed by atoms with Crippen LogP contribution in [0.2, 0.25) is 0 Å². The van der Waals surface area contributed by atoms with E-state index in [1.165, 1.54) is 0 Å². The number of halogens is 3. The Morgan fingerprint density at radius 2 is 2.07 bits per heavy atom. The van der Waals surface area contributed by atoms with Crippen LogP contribution in [-0.4, -0.2) is 13.4 Å². The van der Waals surface area contributed by atoms with E-state index in [4.69, 9.17) is 5.14 Å². The van der Waals surface area contributed by atoms with Crippen LogP contribution in [0.3, 0.4) is 0 Å². The maximum Gasteiger partial charge on any atom is 0.280 e. The minimum absolute atomic E-state index is 0.0229. The van der Waals surface area contributed by atoms with Crippen LogP contribution in [-0.2, 0) is 10.0 Å². The van der Waals surface area contributed by atoms with Gasteiger partial charge in [-0.15, -0.1) is 0 Å². The van der Waals surface area contributed by atoms with Gasteiger partial charge in [-0.2, -0.15) is 0 Å². The van der Waals surface area contributed by atoms with Crippen LogP contribution in [0.1, 0.15) is 12.1 Å². The first-order chi connectivity index (χ1) is 6.32. The van der Waals surface area contributed by atoms with Gasteiger partial charge in [-0.05, 0) is 22.0 Å². The van der Waals surface area contributed by atoms with Crippen molar-refractivity contribution in [1.29, 1.82) is 0 Å². The summed E-state index contributed by atoms with van der Waals surface area (Å²) in [6.45, 7) is 0. The number of hydrogen-bond donors (Lipinski definition) is 1. The van der Waals surface area contributed by atoms with E-state index >= 15 is 0 Å². The van der Waals surface area contributed by atoms with Gasteiger partial charge in [-0.3, -0.25) is 4.98 Å². The number of pyridine rings is 1. The molecule has 0 radical (unpaired) electrons. The van der Waals surface area contributed by atoms with Crippen molar-refractivity contribution in [2.75, 3.05) is 0 Å². The van der Waals surface area contributed by atoms with Gasteiger partial charge in [0, 0.05) is 10.7 Å². The average molecular weight is 287 g/mol. The summed E-state index contributed by atoms with van der Waals surface area (Å²) in [6.07, 6.45) is -1.96. The lowest BCUT2D eigenvalue weighted by Gasteiger charge is -2.03. The lowest BCUT2D eigenvalue weighted by atomic mass is 10.4. The number of primary sulfonamides is 1. The zero-order chi connectivity index (χ0) is 10.9. The molecule has 0 atom stereocenters. The number of sulfonamides is 1. The van der Waals surface area contributed by atoms with Crippen LogP contribution in [0.4, 0.5) is 8.78 Å². The molecule has 1 aromatic heterocycles. The Morgan fingerprint density at radius 3 is 2.43 bits per heavy atom. The number of hydrogen-bond acceptors (Lipinski definition) is 3. The highest BCUT2D eigenvalue weighted by molar-refractivity contribution is 9.10. The van der Waals surface area contributed by atoms with Crippen LogP contribution in [0.25, 0.3) is 0 Å². The Kier molecular flexibility index (Phi) is 3.17. The molecule has 14 heavy (non-hydrogen) atoms. The Labute approximate surface area is 87.3 Å². The molecular weight excluding hydrogens is 282 g/mol. The largest absolute Gasteiger partial charge is 0.280 e. The first-order valence-electron chi connectivity index (χ1n) is 3.29. The lowest BCUT2D eigenvalue weighted by molar-refractivity contribution is 0.146. The molecule has 0 fully saturated rings. The van der Waals surface area contributed by atoms with Gasteiger partial charge in [0.05, 0.1) is 0 Å². The SMILES string of the molecule is NS(=O)(=O)c1cnc(C(F)F)cc1Br. The number of aromatic nitrogens is 1. The molecular formula is C6H5BrF2N2O2S. The van der Waals surface area contributed by atoms with Gasteiger partial charge in [-0.1, -0.05) is 0 Å². The first-order valence-corrected chi connectivity index (χ1v) is 5.62. The average Bonchev–Trinajstić information content (AvgIpc) is 2.01. The Hall–Kier alpha value is -0.600. The monoisotopic (exact) mass is 286 g/mol. The fourth-order valence-corrected chi connectivity index (χ4v) is 2.31. The third-order valence-electron chi connectivity index (χ3n) is 1.37. The van der Waals surface area contributed by atoms with E-state index in [2.05, 4.69) is 20.9 Å². The van der Waals surface area contributed by atoms with Crippen molar-refractivity contribution in [2.24, 2.45) is 5.14 Å². The van der Waals surface area contributed by atoms with Crippen LogP contribution >= 0.6 is 15.9 Å². The molecule has 0 aliphatic carbocycles. The van der Waals surface area contributed by atoms with Crippen LogP contribution in [0, 0.1) is 0 Å². The molecule has 0 bridgehead atoms. The van der Waals surface area contributed by atoms with E-state index in [9.17, 15) is 17.2 Å². The van der Waals surface area contributed by atoms with Gasteiger partial charge >= 0.3 is 0 Å². The third-order valence-corrected chi connectivity index (χ3v) is 3.23. The predicted molar refractivity (Wildman–Crippen MR) is 48.3 cm³/mol. The molecule has 0 saturated carbocycles. The van der Waals surface area contributed by atoms with Gasteiger partial charge in [0.25, 0.3) is 6.43 Å². The second-order valence-corrected chi connectivity index (χ2v) is 4.77. The summed E-state index contributed by atoms with van der Waals surface area (Å²) in [6, 6.07) is 0.921. The second kappa shape index (κ2) is 3.87. The van der Waals surface area contributed by atoms with Crippen LogP contribution in [0.5, 0.6) is 0 Å². The number of alkyl halides is 2. The highest BCUT2D eigenvalue weighted by Crippen LogP contribution is 2.24. The van der Waals surface area contributed by atoms with Gasteiger partial charge in [0.15, 0.2) is 0 Å². The van der Waals surface area contributed by atoms with Gasteiger partial charge < -0.3 is 0 Å². The minimum Gasteiger partial charge on any atom is -0.254 e. The maximum atomic E-state index is 12.1. The normalized spacial score (nSPS) is 12.1. The summed E-state index contributed by atoms with van der Waals surface area (Å²) in [7, 11) is -3.93. The zero-order valence-corrected chi connectivity index (χ0v) is 9.02. The van der Waals surface area contributed by atoms with Gasteiger partial charge in [-0.25, -0.2) is 22.3 Å². The molecule has 0 saturated heterocycles. The van der Waals surface area contributed by atoms with E-state index in [-0.39, 0.29) is 9.37 Å². The summed E-state index contributed by atoms with van der Waals surface area (Å²) >= 11 is 2.82. The molecule has 1 aromatic rings. The van der Waals surface area contributed by atoms with Crippen molar-refractivity contribution in [2.45, 2.75) is 11.3 Å². The Balaban J connectivity index is 3.28. The number of nitrogens with two attached hydrogens (primary N) is 1. The summed E-state index contributed by atoms with van der Waals surface area (Å²) in [5, 5.41) is 4.80. The van der Waals surface area contributed by atoms with Crippen LogP contribution < -0.4 is 5.14 Å². The van der Waals surface area contributed by atoms with Crippen molar-refractivity contribution < 1.29 is 17.2 Å². The predicted octanol–water partition coefficient (Wildman–Crippen LogP) is 1.43. The molecule has 0 aromatic carbocycles. The van der Waals surface area contributed by atoms with Crippen molar-refractivity contribution >= 4 is 26.0 Å². The summed E-state index contributed by atoms with van der Waals surface area (Å²) in [4.78, 5) is 2.95. The second-order valence-electron chi connectivity index (χ2n) is 2.39. The standard InChI is InChI=1S/C6H5BrF2N2O2S/c7-3-1-4(6(8)9)11-2-5(3)14(10,12)13/h1-2,6H,(H2,10,12,13). The van der Waals surface area contributed by atoms with Gasteiger partial charge in [0.1, 0.15) is 10.6 Å². The molecule has 0 unspecified atom stereocenters. The Morgan fingerprint density at radius 1 is 1.50 bits per heavy atom. The molecule has 0 aliphatic heterocycles. The highest BCUT2D eigenvalue weighted by atomic mass is 79.9. The summed E-state index contributed by atoms with van der Waals surface area (Å²) in [5.41, 5.74) is -0.510. The quantitative estimate of drug-likeness (QED) is 0.894. The molecule has 0 aliphatic rings. The van der Waals surface area contributed by atoms with E-state index in [1.807, 2.05) is 0 Å². The number of nitrogens with zero attached hydrogens (tertiary/aromatic N) is 1. The Bertz CT molecular complexity index is 449. The molecule has 78 valence electrons. The zero-order valence-electron chi connectivity index (χ0n) is 6.62. The fraction of sp³-hybridized carbons (Fsp3) is 0.167. The molecule has 4 nitrogen and oxygen atoms in total. The summed E-state index contributed by atoms with van der Waals surface area (Å²) < 4.78 is 45.9. The molecule has 1 heterocycles. The van der Waals surface area contributed by atoms with Crippen molar-refractivity contribution in [3.05, 3.63) is 22.4 Å². The molecule has 8 heteroatoms. The first kappa shape index (κ1) is 11.5. The fourth-order valence-electron chi connectivity index (χ4n) is 0.762. The molecule has 0 spiro atoms. The van der Waals surface area contributed by atoms with Crippen LogP contribution in [0.15, 0.2) is 21.6 Å². The molecule has 2 N–H and O–H groups in total. The van der Waals surface area contributed by atoms with Gasteiger partial charge in [0.2, 0.25) is 10.0 Å². The molecule has 1 rings (SSSR count). The smallest absolute Gasteiger partial charge is 0.254 e. The van der Waals surface area contributed by atoms with E-state index in [1.54, 1.807) is 0 Å². The van der Waals surface area contributed by atoms with E-state index in [0.717, 1.165) is 12.3 Å². The lowest BCUT2D eigenvalue weighted by Crippen LogP contribution is -2.13. The highest BCUT2D eigenvalue weighted by Gasteiger charge is 2.16. The van der Waals surface area contributed by atoms with Crippen molar-refractivity contribution in [1.82, 2.24) is 4.98 Å². The summed E-state index contributed by atoms with van der Waals surface area (Å²) in [5.74, 6) is 0. The minimum atomic E-state index is -3.93.